The zero-order valence-electron chi connectivity index (χ0n) is 24.1. The molecule has 2 aromatic rings. The van der Waals surface area contributed by atoms with Crippen molar-refractivity contribution in [3.05, 3.63) is 59.7 Å². The maximum Gasteiger partial charge on any atom is 0.296 e. The van der Waals surface area contributed by atoms with E-state index in [9.17, 15) is 21.4 Å². The van der Waals surface area contributed by atoms with Crippen molar-refractivity contribution in [1.29, 1.82) is 10.5 Å². The van der Waals surface area contributed by atoms with Crippen LogP contribution in [0.15, 0.2) is 58.3 Å². The van der Waals surface area contributed by atoms with Crippen molar-refractivity contribution in [2.75, 3.05) is 41.3 Å². The van der Waals surface area contributed by atoms with Crippen molar-refractivity contribution < 1.29 is 30.1 Å². The highest BCUT2D eigenvalue weighted by Crippen LogP contribution is 2.20. The van der Waals surface area contributed by atoms with E-state index < -0.39 is 20.2 Å². The van der Waals surface area contributed by atoms with Crippen LogP contribution in [0.3, 0.4) is 0 Å². The minimum Gasteiger partial charge on any atom is -0.744 e. The van der Waals surface area contributed by atoms with Crippen LogP contribution in [0.5, 0.6) is 0 Å². The van der Waals surface area contributed by atoms with E-state index in [1.54, 1.807) is 24.3 Å². The molecular formula is C29H44N4O6S2. The molecule has 12 heteroatoms. The topological polar surface area (TPSA) is 151 Å². The predicted octanol–water partition coefficient (Wildman–Crippen LogP) is 4.22. The molecule has 0 spiro atoms. The van der Waals surface area contributed by atoms with Gasteiger partial charge in [-0.2, -0.15) is 18.9 Å². The van der Waals surface area contributed by atoms with Gasteiger partial charge in [-0.25, -0.2) is 8.42 Å². The van der Waals surface area contributed by atoms with Crippen molar-refractivity contribution in [3.63, 3.8) is 0 Å². The second-order valence-electron chi connectivity index (χ2n) is 10.3. The fourth-order valence-corrected chi connectivity index (χ4v) is 5.13. The van der Waals surface area contributed by atoms with Gasteiger partial charge < -0.3 is 9.04 Å². The van der Waals surface area contributed by atoms with Gasteiger partial charge in [0.15, 0.2) is 6.04 Å². The van der Waals surface area contributed by atoms with Crippen LogP contribution >= 0.6 is 0 Å². The minimum absolute atomic E-state index is 0. The van der Waals surface area contributed by atoms with Crippen LogP contribution in [0.25, 0.3) is 0 Å². The second kappa shape index (κ2) is 17.2. The van der Waals surface area contributed by atoms with E-state index in [0.29, 0.717) is 0 Å². The summed E-state index contributed by atoms with van der Waals surface area (Å²) in [6.07, 6.45) is 4.55. The zero-order chi connectivity index (χ0) is 30.6. The SMILES string of the molecule is C.CN1CCCC1C#N.COS(=O)(=O)c1ccc(C)cc1.C[N+]1(C)CCCC1C#N.Cc1ccc(S(=O)(=O)[O-])cc1. The lowest BCUT2D eigenvalue weighted by molar-refractivity contribution is -0.894. The summed E-state index contributed by atoms with van der Waals surface area (Å²) in [5.41, 5.74) is 1.95. The number of rotatable bonds is 3. The molecule has 10 nitrogen and oxygen atoms in total. The standard InChI is InChI=1S/C8H10O3S.C7H13N2.C7H8O3S.C6H10N2.CH4/c1-7-3-5-8(6-4-7)12(9,10)11-2;1-9(2)5-3-4-7(9)6-8;1-6-2-4-7(5-3-6)11(8,9)10;1-8-4-2-3-6(8)5-7;/h3-6H,1-2H3;7H,3-5H2,1-2H3;2-5H,1H3,(H,8,9,10);6H,2-4H2,1H3;1H4/q;+1;;;/p-1. The van der Waals surface area contributed by atoms with Crippen molar-refractivity contribution >= 4 is 20.2 Å². The van der Waals surface area contributed by atoms with Gasteiger partial charge in [0, 0.05) is 12.8 Å². The van der Waals surface area contributed by atoms with Gasteiger partial charge in [0.2, 0.25) is 0 Å². The summed E-state index contributed by atoms with van der Waals surface area (Å²) in [5, 5.41) is 17.1. The Morgan fingerprint density at radius 1 is 0.878 bits per heavy atom. The van der Waals surface area contributed by atoms with E-state index in [0.717, 1.165) is 48.7 Å². The first kappa shape index (κ1) is 38.2. The molecule has 2 atom stereocenters. The molecule has 0 aliphatic carbocycles. The zero-order valence-corrected chi connectivity index (χ0v) is 25.7. The molecular weight excluding hydrogens is 564 g/mol. The molecule has 2 unspecified atom stereocenters. The summed E-state index contributed by atoms with van der Waals surface area (Å²) in [4.78, 5) is 2.11. The molecule has 0 bridgehead atoms. The normalized spacial score (nSPS) is 19.3. The Labute approximate surface area is 247 Å². The molecule has 0 amide bonds. The first-order chi connectivity index (χ1) is 18.6. The molecule has 228 valence electrons. The summed E-state index contributed by atoms with van der Waals surface area (Å²) in [5.74, 6) is 0. The van der Waals surface area contributed by atoms with Crippen molar-refractivity contribution in [2.45, 2.75) is 68.8 Å². The maximum atomic E-state index is 11.1. The van der Waals surface area contributed by atoms with Gasteiger partial charge in [-0.15, -0.1) is 0 Å². The Kier molecular flexibility index (Phi) is 16.0. The van der Waals surface area contributed by atoms with Crippen LogP contribution in [0.4, 0.5) is 0 Å². The van der Waals surface area contributed by atoms with Crippen molar-refractivity contribution in [2.24, 2.45) is 0 Å². The minimum atomic E-state index is -4.27. The van der Waals surface area contributed by atoms with Crippen LogP contribution < -0.4 is 0 Å². The second-order valence-corrected chi connectivity index (χ2v) is 13.4. The number of benzene rings is 2. The third kappa shape index (κ3) is 13.1. The Hall–Kier alpha value is -2.84. The van der Waals surface area contributed by atoms with Crippen molar-refractivity contribution in [1.82, 2.24) is 4.90 Å². The molecule has 0 N–H and O–H groups in total. The van der Waals surface area contributed by atoms with Gasteiger partial charge in [0.25, 0.3) is 10.1 Å². The molecule has 0 saturated carbocycles. The van der Waals surface area contributed by atoms with Gasteiger partial charge in [-0.3, -0.25) is 9.08 Å². The average molecular weight is 609 g/mol. The number of quaternary nitrogens is 1. The molecule has 41 heavy (non-hydrogen) atoms. The highest BCUT2D eigenvalue weighted by Gasteiger charge is 2.33. The molecule has 2 fully saturated rings. The largest absolute Gasteiger partial charge is 0.744 e. The van der Waals surface area contributed by atoms with Crippen LogP contribution in [0.1, 0.15) is 44.2 Å². The lowest BCUT2D eigenvalue weighted by Gasteiger charge is -2.26. The smallest absolute Gasteiger partial charge is 0.296 e. The van der Waals surface area contributed by atoms with Gasteiger partial charge in [0.1, 0.15) is 16.2 Å². The summed E-state index contributed by atoms with van der Waals surface area (Å²) < 4.78 is 58.6. The van der Waals surface area contributed by atoms with Crippen LogP contribution in [-0.2, 0) is 24.4 Å². The van der Waals surface area contributed by atoms with Crippen molar-refractivity contribution in [3.8, 4) is 12.1 Å². The predicted molar refractivity (Wildman–Crippen MR) is 158 cm³/mol. The third-order valence-corrected chi connectivity index (χ3v) is 8.85. The van der Waals surface area contributed by atoms with E-state index in [-0.39, 0.29) is 29.3 Å². The third-order valence-electron chi connectivity index (χ3n) is 6.71. The molecule has 0 aromatic heterocycles. The number of nitrogens with zero attached hydrogens (tertiary/aromatic N) is 4. The van der Waals surface area contributed by atoms with Gasteiger partial charge in [-0.1, -0.05) is 42.8 Å². The Morgan fingerprint density at radius 2 is 1.37 bits per heavy atom. The number of aryl methyl sites for hydroxylation is 2. The lowest BCUT2D eigenvalue weighted by atomic mass is 10.2. The first-order valence-corrected chi connectivity index (χ1v) is 15.6. The van der Waals surface area contributed by atoms with E-state index in [2.05, 4.69) is 35.3 Å². The number of likely N-dealkylation sites (tertiary alicyclic amines) is 2. The Morgan fingerprint density at radius 3 is 1.63 bits per heavy atom. The van der Waals surface area contributed by atoms with Gasteiger partial charge in [0.05, 0.1) is 49.7 Å². The highest BCUT2D eigenvalue weighted by atomic mass is 32.2. The van der Waals surface area contributed by atoms with Gasteiger partial charge >= 0.3 is 0 Å². The van der Waals surface area contributed by atoms with E-state index in [1.807, 2.05) is 20.9 Å². The first-order valence-electron chi connectivity index (χ1n) is 12.8. The molecule has 2 aliphatic rings. The fourth-order valence-electron chi connectivity index (χ4n) is 4.00. The highest BCUT2D eigenvalue weighted by molar-refractivity contribution is 7.86. The van der Waals surface area contributed by atoms with Crippen LogP contribution in [0, 0.1) is 36.5 Å². The van der Waals surface area contributed by atoms with E-state index in [4.69, 9.17) is 10.5 Å². The van der Waals surface area contributed by atoms with Gasteiger partial charge in [-0.05, 0) is 64.5 Å². The summed E-state index contributed by atoms with van der Waals surface area (Å²) in [6.45, 7) is 5.97. The van der Waals surface area contributed by atoms with E-state index in [1.165, 1.54) is 37.1 Å². The maximum absolute atomic E-state index is 11.1. The number of hydrogen-bond acceptors (Lipinski definition) is 9. The monoisotopic (exact) mass is 608 g/mol. The molecule has 2 heterocycles. The molecule has 2 aromatic carbocycles. The molecule has 4 rings (SSSR count). The lowest BCUT2D eigenvalue weighted by Crippen LogP contribution is -2.42. The Bertz CT molecular complexity index is 1360. The fraction of sp³-hybridized carbons (Fsp3) is 0.517. The average Bonchev–Trinajstić information content (AvgIpc) is 3.48. The van der Waals surface area contributed by atoms with E-state index >= 15 is 0 Å². The van der Waals surface area contributed by atoms with Crippen LogP contribution in [-0.4, -0.2) is 84.2 Å². The summed E-state index contributed by atoms with van der Waals surface area (Å²) in [6, 6.07) is 17.3. The molecule has 2 aliphatic heterocycles. The molecule has 2 saturated heterocycles. The number of hydrogen-bond donors (Lipinski definition) is 0. The quantitative estimate of drug-likeness (QED) is 0.283. The summed E-state index contributed by atoms with van der Waals surface area (Å²) >= 11 is 0. The Balaban J connectivity index is 0.000000522. The molecule has 0 radical (unpaired) electrons. The number of nitriles is 2. The summed E-state index contributed by atoms with van der Waals surface area (Å²) in [7, 11) is -0.384. The van der Waals surface area contributed by atoms with Crippen LogP contribution in [0.2, 0.25) is 0 Å².